The normalized spacial score (nSPS) is 13.0. The molecule has 0 amide bonds. The molecule has 4 nitrogen and oxygen atoms in total. The average molecular weight is 637 g/mol. The van der Waals surface area contributed by atoms with E-state index in [0.29, 0.717) is 24.2 Å². The Bertz CT molecular complexity index is 1670. The third-order valence-corrected chi connectivity index (χ3v) is 8.03. The molecule has 1 atom stereocenters. The van der Waals surface area contributed by atoms with Crippen LogP contribution in [-0.2, 0) is 25.7 Å². The summed E-state index contributed by atoms with van der Waals surface area (Å²) in [6.45, 7) is 15.9. The number of pyridine rings is 2. The highest BCUT2D eigenvalue weighted by Crippen LogP contribution is 2.37. The van der Waals surface area contributed by atoms with E-state index in [1.54, 1.807) is 24.5 Å². The lowest BCUT2D eigenvalue weighted by atomic mass is 9.99. The molecule has 2 aromatic carbocycles. The molecule has 2 aromatic heterocycles. The Morgan fingerprint density at radius 1 is 1.02 bits per heavy atom. The molecule has 248 valence electrons. The van der Waals surface area contributed by atoms with E-state index in [1.807, 2.05) is 50.1 Å². The van der Waals surface area contributed by atoms with Gasteiger partial charge in [0.2, 0.25) is 0 Å². The molecule has 0 radical (unpaired) electrons. The van der Waals surface area contributed by atoms with Crippen molar-refractivity contribution in [1.82, 2.24) is 9.97 Å². The molecule has 0 saturated carbocycles. The molecule has 1 aliphatic rings. The number of terminal acetylenes is 1. The van der Waals surface area contributed by atoms with Gasteiger partial charge in [0.15, 0.2) is 0 Å². The lowest BCUT2D eigenvalue weighted by Gasteiger charge is -2.22. The van der Waals surface area contributed by atoms with Crippen molar-refractivity contribution in [3.8, 4) is 12.3 Å². The van der Waals surface area contributed by atoms with Crippen molar-refractivity contribution in [3.05, 3.63) is 130 Å². The van der Waals surface area contributed by atoms with Crippen LogP contribution in [-0.4, -0.2) is 23.2 Å². The Hall–Kier alpha value is -4.50. The maximum absolute atomic E-state index is 15.1. The number of aromatic nitrogens is 2. The van der Waals surface area contributed by atoms with Crippen LogP contribution in [0.25, 0.3) is 0 Å². The smallest absolute Gasteiger partial charge is 0.148 e. The Morgan fingerprint density at radius 2 is 1.77 bits per heavy atom. The van der Waals surface area contributed by atoms with Crippen LogP contribution in [0.3, 0.4) is 0 Å². The van der Waals surface area contributed by atoms with Crippen LogP contribution >= 0.6 is 0 Å². The molecule has 4 aromatic rings. The van der Waals surface area contributed by atoms with Crippen molar-refractivity contribution in [3.63, 3.8) is 0 Å². The van der Waals surface area contributed by atoms with E-state index in [-0.39, 0.29) is 17.8 Å². The third kappa shape index (κ3) is 10.8. The van der Waals surface area contributed by atoms with Gasteiger partial charge in [-0.25, -0.2) is 8.78 Å². The number of benzene rings is 2. The molecule has 6 heteroatoms. The van der Waals surface area contributed by atoms with E-state index in [0.717, 1.165) is 52.4 Å². The summed E-state index contributed by atoms with van der Waals surface area (Å²) < 4.78 is 29.6. The van der Waals surface area contributed by atoms with Crippen molar-refractivity contribution in [2.75, 3.05) is 17.3 Å². The summed E-state index contributed by atoms with van der Waals surface area (Å²) in [5.74, 6) is 2.93. The summed E-state index contributed by atoms with van der Waals surface area (Å²) in [7, 11) is 1.81. The highest BCUT2D eigenvalue weighted by molar-refractivity contribution is 5.77. The van der Waals surface area contributed by atoms with E-state index < -0.39 is 0 Å². The number of hydrogen-bond donors (Lipinski definition) is 1. The van der Waals surface area contributed by atoms with Gasteiger partial charge < -0.3 is 10.2 Å². The second kappa shape index (κ2) is 18.0. The Morgan fingerprint density at radius 3 is 2.38 bits per heavy atom. The molecule has 3 heterocycles. The number of fused-ring (bicyclic) bond motifs is 1. The monoisotopic (exact) mass is 636 g/mol. The number of rotatable bonds is 9. The van der Waals surface area contributed by atoms with Gasteiger partial charge in [0.25, 0.3) is 0 Å². The molecule has 0 fully saturated rings. The molecular weight excluding hydrogens is 586 g/mol. The molecule has 47 heavy (non-hydrogen) atoms. The van der Waals surface area contributed by atoms with Crippen molar-refractivity contribution < 1.29 is 8.78 Å². The third-order valence-electron chi connectivity index (χ3n) is 8.03. The molecule has 0 spiro atoms. The van der Waals surface area contributed by atoms with Crippen molar-refractivity contribution >= 4 is 11.4 Å². The first-order chi connectivity index (χ1) is 22.5. The minimum atomic E-state index is -0.356. The van der Waals surface area contributed by atoms with Crippen LogP contribution < -0.4 is 10.2 Å². The zero-order valence-electron chi connectivity index (χ0n) is 29.1. The van der Waals surface area contributed by atoms with E-state index >= 15 is 4.39 Å². The van der Waals surface area contributed by atoms with Crippen molar-refractivity contribution in [2.45, 2.75) is 86.2 Å². The van der Waals surface area contributed by atoms with Crippen LogP contribution in [0, 0.1) is 43.7 Å². The molecule has 1 N–H and O–H groups in total. The van der Waals surface area contributed by atoms with Crippen LogP contribution in [0.2, 0.25) is 0 Å². The molecule has 5 rings (SSSR count). The summed E-state index contributed by atoms with van der Waals surface area (Å²) >= 11 is 0. The second-order valence-electron chi connectivity index (χ2n) is 12.6. The molecule has 0 saturated heterocycles. The van der Waals surface area contributed by atoms with E-state index in [4.69, 9.17) is 6.42 Å². The standard InChI is InChI=1S/C32H30F2N4.C6H14.C3H6/c1-5-22-6-7-25(21(3)14-22)8-9-26-16-23(10-11-35-26)15-24-17-27(33)29(36-19-24)18-31-37-30-13-20(2)12-28(34)32(30)38(31)4;1-4-5-6(2)3;1-3-2/h1,6-7,10-14,16-17,19,31,37H,8-9,15,18H2,2-4H3;6H,4-5H2,1-3H3;3H,1H2,2H3. The van der Waals surface area contributed by atoms with Gasteiger partial charge >= 0.3 is 0 Å². The largest absolute Gasteiger partial charge is 0.363 e. The van der Waals surface area contributed by atoms with Gasteiger partial charge in [0.1, 0.15) is 17.8 Å². The minimum Gasteiger partial charge on any atom is -0.363 e. The number of nitrogens with zero attached hydrogens (tertiary/aromatic N) is 3. The number of halogens is 2. The van der Waals surface area contributed by atoms with Crippen LogP contribution in [0.1, 0.15) is 85.3 Å². The van der Waals surface area contributed by atoms with Gasteiger partial charge in [-0.2, -0.15) is 0 Å². The summed E-state index contributed by atoms with van der Waals surface area (Å²) in [4.78, 5) is 10.8. The SMILES string of the molecule is C#Cc1ccc(CCc2cc(Cc3cnc(CC4Nc5cc(C)cc(F)c5N4C)c(F)c3)ccn2)c(C)c1.C=CC.CCCC(C)C. The Balaban J connectivity index is 0.000000592. The highest BCUT2D eigenvalue weighted by Gasteiger charge is 2.30. The zero-order valence-corrected chi connectivity index (χ0v) is 29.1. The van der Waals surface area contributed by atoms with E-state index in [2.05, 4.69) is 67.6 Å². The van der Waals surface area contributed by atoms with Gasteiger partial charge in [-0.05, 0) is 116 Å². The van der Waals surface area contributed by atoms with Gasteiger partial charge in [-0.1, -0.05) is 51.7 Å². The lowest BCUT2D eigenvalue weighted by Crippen LogP contribution is -2.35. The predicted molar refractivity (Wildman–Crippen MR) is 194 cm³/mol. The quantitative estimate of drug-likeness (QED) is 0.147. The van der Waals surface area contributed by atoms with Gasteiger partial charge in [0.05, 0.1) is 17.1 Å². The summed E-state index contributed by atoms with van der Waals surface area (Å²) in [6, 6.07) is 15.1. The van der Waals surface area contributed by atoms with Crippen LogP contribution in [0.4, 0.5) is 20.2 Å². The number of aryl methyl sites for hydroxylation is 4. The van der Waals surface area contributed by atoms with Gasteiger partial charge in [-0.3, -0.25) is 9.97 Å². The van der Waals surface area contributed by atoms with Gasteiger partial charge in [0, 0.05) is 37.1 Å². The topological polar surface area (TPSA) is 41.1 Å². The number of allylic oxidation sites excluding steroid dienone is 1. The first-order valence-corrected chi connectivity index (χ1v) is 16.5. The summed E-state index contributed by atoms with van der Waals surface area (Å²) in [6.07, 6.45) is 15.8. The first-order valence-electron chi connectivity index (χ1n) is 16.5. The average Bonchev–Trinajstić information content (AvgIpc) is 3.33. The van der Waals surface area contributed by atoms with Gasteiger partial charge in [-0.15, -0.1) is 13.0 Å². The number of anilines is 2. The molecular formula is C41H50F2N4. The fourth-order valence-electron chi connectivity index (χ4n) is 5.68. The number of likely N-dealkylation sites (N-methyl/N-ethyl adjacent to an activating group) is 1. The summed E-state index contributed by atoms with van der Waals surface area (Å²) in [5, 5.41) is 3.30. The predicted octanol–water partition coefficient (Wildman–Crippen LogP) is 9.79. The maximum Gasteiger partial charge on any atom is 0.148 e. The molecule has 0 bridgehead atoms. The van der Waals surface area contributed by atoms with Crippen LogP contribution in [0.15, 0.2) is 73.6 Å². The highest BCUT2D eigenvalue weighted by atomic mass is 19.1. The first kappa shape index (κ1) is 37.0. The Kier molecular flexibility index (Phi) is 14.2. The Labute approximate surface area is 281 Å². The van der Waals surface area contributed by atoms with Crippen LogP contribution in [0.5, 0.6) is 0 Å². The molecule has 1 unspecified atom stereocenters. The maximum atomic E-state index is 15.1. The fraction of sp³-hybridized carbons (Fsp3) is 0.366. The van der Waals surface area contributed by atoms with Crippen molar-refractivity contribution in [2.24, 2.45) is 5.92 Å². The van der Waals surface area contributed by atoms with Crippen molar-refractivity contribution in [1.29, 1.82) is 0 Å². The molecule has 1 aliphatic heterocycles. The number of nitrogens with one attached hydrogen (secondary N) is 1. The lowest BCUT2D eigenvalue weighted by molar-refractivity contribution is 0.576. The van der Waals surface area contributed by atoms with E-state index in [9.17, 15) is 4.39 Å². The fourth-order valence-corrected chi connectivity index (χ4v) is 5.68. The van der Waals surface area contributed by atoms with E-state index in [1.165, 1.54) is 30.0 Å². The minimum absolute atomic E-state index is 0.275. The summed E-state index contributed by atoms with van der Waals surface area (Å²) in [5.41, 5.74) is 8.58. The molecule has 0 aliphatic carbocycles. The second-order valence-corrected chi connectivity index (χ2v) is 12.6. The number of hydrogen-bond acceptors (Lipinski definition) is 4. The zero-order chi connectivity index (χ0) is 34.5.